The van der Waals surface area contributed by atoms with Gasteiger partial charge in [0.2, 0.25) is 6.54 Å². The molecule has 3 heterocycles. The molecule has 0 saturated carbocycles. The predicted octanol–water partition coefficient (Wildman–Crippen LogP) is 3.56. The number of hydrogen-bond acceptors (Lipinski definition) is 5. The maximum Gasteiger partial charge on any atom is 0.340 e. The van der Waals surface area contributed by atoms with Gasteiger partial charge in [-0.25, -0.2) is 13.5 Å². The molecular formula is C26H28ClF2N7O3. The van der Waals surface area contributed by atoms with Crippen molar-refractivity contribution >= 4 is 17.5 Å². The van der Waals surface area contributed by atoms with Crippen LogP contribution >= 0.6 is 11.6 Å². The van der Waals surface area contributed by atoms with Gasteiger partial charge in [-0.2, -0.15) is 0 Å². The van der Waals surface area contributed by atoms with Crippen LogP contribution in [0.1, 0.15) is 35.1 Å². The lowest BCUT2D eigenvalue weighted by Gasteiger charge is -2.39. The van der Waals surface area contributed by atoms with Crippen LogP contribution in [0.3, 0.4) is 0 Å². The number of likely N-dealkylation sites (tertiary alicyclic amines) is 2. The number of hydrogen-bond donors (Lipinski definition) is 0. The molecule has 2 aliphatic rings. The molecule has 206 valence electrons. The standard InChI is InChI=1S/C26H28ClF2N7O3/c1-16-30-34(17(2)35(16)31-36(38)39)15-26(37)32-10-9-25-23(14-32)22(21-8-7-20(28)11-24(21)29)13-33(25)12-18-3-5-19(27)6-4-18/h3-8,11,22-23,25H,9-10,12-15H2,1-2H3/t22-,23-,25-/m1/s1. The van der Waals surface area contributed by atoms with Gasteiger partial charge in [0.1, 0.15) is 16.7 Å². The van der Waals surface area contributed by atoms with Crippen molar-refractivity contribution in [1.82, 2.24) is 19.6 Å². The summed E-state index contributed by atoms with van der Waals surface area (Å²) in [6.45, 7) is 5.20. The molecule has 2 fully saturated rings. The number of amides is 1. The zero-order valence-electron chi connectivity index (χ0n) is 21.5. The number of nitro groups is 1. The normalized spacial score (nSPS) is 21.2. The third-order valence-corrected chi connectivity index (χ3v) is 8.00. The lowest BCUT2D eigenvalue weighted by molar-refractivity contribution is -0.746. The summed E-state index contributed by atoms with van der Waals surface area (Å²) < 4.78 is 31.1. The monoisotopic (exact) mass is 559 g/mol. The highest BCUT2D eigenvalue weighted by Gasteiger charge is 2.47. The Morgan fingerprint density at radius 3 is 2.64 bits per heavy atom. The highest BCUT2D eigenvalue weighted by Crippen LogP contribution is 2.43. The van der Waals surface area contributed by atoms with Gasteiger partial charge in [0, 0.05) is 69.0 Å². The van der Waals surface area contributed by atoms with Crippen molar-refractivity contribution in [2.24, 2.45) is 5.92 Å². The van der Waals surface area contributed by atoms with Gasteiger partial charge in [0.25, 0.3) is 11.7 Å². The van der Waals surface area contributed by atoms with Crippen LogP contribution in [-0.2, 0) is 17.9 Å². The summed E-state index contributed by atoms with van der Waals surface area (Å²) in [7, 11) is 0. The lowest BCUT2D eigenvalue weighted by atomic mass is 9.81. The second-order valence-electron chi connectivity index (χ2n) is 10.1. The van der Waals surface area contributed by atoms with Gasteiger partial charge in [-0.05, 0) is 40.4 Å². The lowest BCUT2D eigenvalue weighted by Crippen LogP contribution is -2.49. The van der Waals surface area contributed by atoms with E-state index in [4.69, 9.17) is 11.6 Å². The largest absolute Gasteiger partial charge is 0.373 e. The Balaban J connectivity index is 1.37. The van der Waals surface area contributed by atoms with E-state index >= 15 is 0 Å². The molecule has 39 heavy (non-hydrogen) atoms. The Hall–Kier alpha value is -3.64. The summed E-state index contributed by atoms with van der Waals surface area (Å²) in [5.74, 6) is -1.06. The van der Waals surface area contributed by atoms with E-state index < -0.39 is 16.7 Å². The Morgan fingerprint density at radius 2 is 1.95 bits per heavy atom. The molecule has 10 nitrogen and oxygen atoms in total. The number of benzene rings is 2. The molecule has 0 radical (unpaired) electrons. The fourth-order valence-electron chi connectivity index (χ4n) is 5.92. The van der Waals surface area contributed by atoms with Crippen molar-refractivity contribution in [3.05, 3.63) is 97.5 Å². The average Bonchev–Trinajstić information content (AvgIpc) is 3.36. The summed E-state index contributed by atoms with van der Waals surface area (Å²) >= 11 is 6.05. The van der Waals surface area contributed by atoms with E-state index in [1.165, 1.54) is 16.8 Å². The Labute approximate surface area is 228 Å². The zero-order chi connectivity index (χ0) is 27.8. The maximum absolute atomic E-state index is 15.0. The molecule has 3 aromatic rings. The van der Waals surface area contributed by atoms with Gasteiger partial charge in [-0.3, -0.25) is 15.2 Å². The molecular weight excluding hydrogens is 532 g/mol. The Bertz CT molecular complexity index is 1400. The first-order valence-electron chi connectivity index (χ1n) is 12.6. The Kier molecular flexibility index (Phi) is 7.50. The number of carbonyl (C=O) groups is 1. The highest BCUT2D eigenvalue weighted by molar-refractivity contribution is 6.30. The van der Waals surface area contributed by atoms with Crippen LogP contribution < -0.4 is 4.68 Å². The summed E-state index contributed by atoms with van der Waals surface area (Å²) in [5, 5.41) is 14.9. The number of rotatable bonds is 7. The molecule has 0 spiro atoms. The number of aromatic nitrogens is 3. The SMILES string of the molecule is Cc1nn(CC(=O)N2CC[C@@H]3[C@H](C2)[C@@H](c2ccc(F)cc2F)CN3Cc2ccc(Cl)cc2)c(C)[n+]1[N-][N+](=O)[O-]. The van der Waals surface area contributed by atoms with E-state index in [1.54, 1.807) is 18.7 Å². The summed E-state index contributed by atoms with van der Waals surface area (Å²) in [6.07, 6.45) is 0.692. The van der Waals surface area contributed by atoms with Gasteiger partial charge in [-0.1, -0.05) is 29.8 Å². The highest BCUT2D eigenvalue weighted by atomic mass is 35.5. The first-order chi connectivity index (χ1) is 18.6. The molecule has 0 unspecified atom stereocenters. The van der Waals surface area contributed by atoms with Crippen LogP contribution in [0, 0.1) is 41.5 Å². The van der Waals surface area contributed by atoms with E-state index in [0.717, 1.165) is 16.3 Å². The van der Waals surface area contributed by atoms with Gasteiger partial charge in [0.05, 0.1) is 0 Å². The van der Waals surface area contributed by atoms with Crippen molar-refractivity contribution < 1.29 is 23.3 Å². The van der Waals surface area contributed by atoms with Gasteiger partial charge < -0.3 is 15.0 Å². The quantitative estimate of drug-likeness (QED) is 0.250. The van der Waals surface area contributed by atoms with Crippen molar-refractivity contribution in [2.45, 2.75) is 45.3 Å². The predicted molar refractivity (Wildman–Crippen MR) is 137 cm³/mol. The molecule has 0 aliphatic carbocycles. The third-order valence-electron chi connectivity index (χ3n) is 7.75. The van der Waals surface area contributed by atoms with E-state index in [1.807, 2.05) is 24.3 Å². The second kappa shape index (κ2) is 10.9. The van der Waals surface area contributed by atoms with Crippen LogP contribution in [0.4, 0.5) is 8.78 Å². The van der Waals surface area contributed by atoms with Crippen LogP contribution in [0.5, 0.6) is 0 Å². The van der Waals surface area contributed by atoms with Crippen LogP contribution in [-0.4, -0.2) is 56.2 Å². The van der Waals surface area contributed by atoms with E-state index in [9.17, 15) is 23.7 Å². The van der Waals surface area contributed by atoms with Crippen molar-refractivity contribution in [3.63, 3.8) is 0 Å². The minimum Gasteiger partial charge on any atom is -0.373 e. The van der Waals surface area contributed by atoms with Crippen LogP contribution in [0.2, 0.25) is 5.02 Å². The van der Waals surface area contributed by atoms with Gasteiger partial charge in [-0.15, -0.1) is 5.03 Å². The molecule has 3 atom stereocenters. The average molecular weight is 560 g/mol. The van der Waals surface area contributed by atoms with Gasteiger partial charge in [0.15, 0.2) is 0 Å². The first-order valence-corrected chi connectivity index (χ1v) is 13.0. The molecule has 13 heteroatoms. The van der Waals surface area contributed by atoms with E-state index in [-0.39, 0.29) is 36.2 Å². The van der Waals surface area contributed by atoms with Crippen molar-refractivity contribution in [1.29, 1.82) is 0 Å². The Morgan fingerprint density at radius 1 is 1.21 bits per heavy atom. The van der Waals surface area contributed by atoms with E-state index in [2.05, 4.69) is 15.5 Å². The first kappa shape index (κ1) is 26.9. The topological polar surface area (TPSA) is 102 Å². The third kappa shape index (κ3) is 5.57. The summed E-state index contributed by atoms with van der Waals surface area (Å²) in [5.41, 5.74) is 4.83. The number of piperidine rings is 1. The molecule has 1 amide bonds. The maximum atomic E-state index is 15.0. The molecule has 2 aromatic carbocycles. The summed E-state index contributed by atoms with van der Waals surface area (Å²) in [4.78, 5) is 28.3. The number of halogens is 3. The van der Waals surface area contributed by atoms with Crippen LogP contribution in [0.15, 0.2) is 42.5 Å². The number of carbonyl (C=O) groups excluding carboxylic acids is 1. The molecule has 2 saturated heterocycles. The minimum atomic E-state index is -0.816. The number of nitrogens with zero attached hydrogens (tertiary/aromatic N) is 7. The van der Waals surface area contributed by atoms with Crippen molar-refractivity contribution in [2.75, 3.05) is 19.6 Å². The fourth-order valence-corrected chi connectivity index (χ4v) is 6.04. The second-order valence-corrected chi connectivity index (χ2v) is 10.5. The van der Waals surface area contributed by atoms with Gasteiger partial charge >= 0.3 is 5.82 Å². The van der Waals surface area contributed by atoms with Crippen molar-refractivity contribution in [3.8, 4) is 0 Å². The molecule has 0 N–H and O–H groups in total. The number of fused-ring (bicyclic) bond motifs is 1. The number of aryl methyl sites for hydroxylation is 1. The molecule has 0 bridgehead atoms. The smallest absolute Gasteiger partial charge is 0.340 e. The minimum absolute atomic E-state index is 0.0650. The molecule has 2 aliphatic heterocycles. The van der Waals surface area contributed by atoms with E-state index in [0.29, 0.717) is 49.0 Å². The zero-order valence-corrected chi connectivity index (χ0v) is 22.3. The molecule has 5 rings (SSSR count). The summed E-state index contributed by atoms with van der Waals surface area (Å²) in [6, 6.07) is 11.4. The molecule has 1 aromatic heterocycles. The fraction of sp³-hybridized carbons (Fsp3) is 0.423. The van der Waals surface area contributed by atoms with Crippen LogP contribution in [0.25, 0.3) is 5.53 Å².